The highest BCUT2D eigenvalue weighted by atomic mass is 35.5. The van der Waals surface area contributed by atoms with Crippen molar-refractivity contribution in [1.29, 1.82) is 0 Å². The largest absolute Gasteiger partial charge is 0.504 e. The molecule has 1 aliphatic heterocycles. The first-order valence-electron chi connectivity index (χ1n) is 7.68. The fraction of sp³-hybridized carbons (Fsp3) is 0.400. The lowest BCUT2D eigenvalue weighted by Gasteiger charge is -2.23. The predicted molar refractivity (Wildman–Crippen MR) is 84.1 cm³/mol. The fourth-order valence-electron chi connectivity index (χ4n) is 2.98. The molecule has 0 N–H and O–H groups in total. The number of aromatic nitrogens is 5. The van der Waals surface area contributed by atoms with Gasteiger partial charge in [0.1, 0.15) is 16.4 Å². The van der Waals surface area contributed by atoms with E-state index in [2.05, 4.69) is 15.2 Å². The highest BCUT2D eigenvalue weighted by Gasteiger charge is 2.32. The Hall–Kier alpha value is -2.13. The van der Waals surface area contributed by atoms with Crippen LogP contribution in [-0.4, -0.2) is 37.8 Å². The molecular formula is C15H13ClF3N5O. The minimum Gasteiger partial charge on any atom is -0.381 e. The number of pyridine rings is 1. The van der Waals surface area contributed by atoms with E-state index in [9.17, 15) is 13.2 Å². The van der Waals surface area contributed by atoms with Crippen LogP contribution in [0, 0.1) is 0 Å². The van der Waals surface area contributed by atoms with Crippen LogP contribution < -0.4 is 0 Å². The molecule has 10 heteroatoms. The summed E-state index contributed by atoms with van der Waals surface area (Å²) in [6.07, 6.45) is -0.991. The van der Waals surface area contributed by atoms with Crippen molar-refractivity contribution in [3.8, 4) is 11.3 Å². The summed E-state index contributed by atoms with van der Waals surface area (Å²) in [5.41, 5.74) is 1.76. The van der Waals surface area contributed by atoms with E-state index < -0.39 is 6.30 Å². The van der Waals surface area contributed by atoms with E-state index in [0.29, 0.717) is 24.4 Å². The van der Waals surface area contributed by atoms with Crippen molar-refractivity contribution in [3.63, 3.8) is 0 Å². The lowest BCUT2D eigenvalue weighted by atomic mass is 10.1. The average Bonchev–Trinajstić information content (AvgIpc) is 3.19. The maximum atomic E-state index is 12.8. The molecule has 0 radical (unpaired) electrons. The topological polar surface area (TPSA) is 57.8 Å². The number of alkyl halides is 3. The van der Waals surface area contributed by atoms with Gasteiger partial charge in [0.05, 0.1) is 17.8 Å². The molecule has 0 saturated carbocycles. The van der Waals surface area contributed by atoms with Gasteiger partial charge in [-0.3, -0.25) is 4.68 Å². The van der Waals surface area contributed by atoms with Gasteiger partial charge in [-0.05, 0) is 25.0 Å². The summed E-state index contributed by atoms with van der Waals surface area (Å²) < 4.78 is 45.6. The number of hydrogen-bond acceptors (Lipinski definition) is 4. The van der Waals surface area contributed by atoms with Crippen molar-refractivity contribution >= 4 is 22.6 Å². The monoisotopic (exact) mass is 371 g/mol. The van der Waals surface area contributed by atoms with Gasteiger partial charge in [0.15, 0.2) is 0 Å². The van der Waals surface area contributed by atoms with Crippen LogP contribution in [0.15, 0.2) is 24.5 Å². The van der Waals surface area contributed by atoms with Gasteiger partial charge in [-0.25, -0.2) is 4.98 Å². The van der Waals surface area contributed by atoms with Crippen LogP contribution in [0.1, 0.15) is 18.9 Å². The minimum atomic E-state index is -4.58. The maximum absolute atomic E-state index is 12.8. The van der Waals surface area contributed by atoms with Crippen molar-refractivity contribution in [1.82, 2.24) is 24.5 Å². The van der Waals surface area contributed by atoms with Gasteiger partial charge in [-0.2, -0.15) is 14.9 Å². The lowest BCUT2D eigenvalue weighted by molar-refractivity contribution is -0.212. The van der Waals surface area contributed by atoms with Crippen LogP contribution in [0.2, 0.25) is 5.15 Å². The van der Waals surface area contributed by atoms with E-state index in [1.807, 2.05) is 0 Å². The molecule has 4 rings (SSSR count). The molecule has 0 aromatic carbocycles. The molecule has 0 atom stereocenters. The Morgan fingerprint density at radius 1 is 1.20 bits per heavy atom. The molecule has 3 aromatic rings. The number of hydrogen-bond donors (Lipinski definition) is 0. The molecule has 1 saturated heterocycles. The molecule has 0 amide bonds. The SMILES string of the molecule is FC(F)(F)n1cc(-c2nn(C3CCOCC3)c3ccc(Cl)nc23)cn1. The van der Waals surface area contributed by atoms with Gasteiger partial charge in [0.2, 0.25) is 0 Å². The second-order valence-corrected chi connectivity index (χ2v) is 6.17. The Labute approximate surface area is 145 Å². The van der Waals surface area contributed by atoms with E-state index in [4.69, 9.17) is 16.3 Å². The van der Waals surface area contributed by atoms with E-state index in [0.717, 1.165) is 30.8 Å². The third-order valence-electron chi connectivity index (χ3n) is 4.17. The van der Waals surface area contributed by atoms with Crippen molar-refractivity contribution in [3.05, 3.63) is 29.7 Å². The summed E-state index contributed by atoms with van der Waals surface area (Å²) >= 11 is 5.98. The quantitative estimate of drug-likeness (QED) is 0.643. The smallest absolute Gasteiger partial charge is 0.381 e. The first kappa shape index (κ1) is 16.3. The van der Waals surface area contributed by atoms with E-state index in [1.165, 1.54) is 0 Å². The third kappa shape index (κ3) is 2.98. The minimum absolute atomic E-state index is 0.0494. The van der Waals surface area contributed by atoms with Crippen molar-refractivity contribution in [2.45, 2.75) is 25.2 Å². The molecule has 1 aliphatic rings. The van der Waals surface area contributed by atoms with E-state index in [-0.39, 0.29) is 21.4 Å². The summed E-state index contributed by atoms with van der Waals surface area (Å²) in [6, 6.07) is 3.53. The molecule has 0 aliphatic carbocycles. The second-order valence-electron chi connectivity index (χ2n) is 5.78. The number of nitrogens with zero attached hydrogens (tertiary/aromatic N) is 5. The molecular weight excluding hydrogens is 359 g/mol. The van der Waals surface area contributed by atoms with Crippen LogP contribution in [0.25, 0.3) is 22.3 Å². The second kappa shape index (κ2) is 5.99. The molecule has 25 heavy (non-hydrogen) atoms. The fourth-order valence-corrected chi connectivity index (χ4v) is 3.13. The number of fused-ring (bicyclic) bond motifs is 1. The Morgan fingerprint density at radius 3 is 2.64 bits per heavy atom. The molecule has 4 heterocycles. The number of rotatable bonds is 2. The van der Waals surface area contributed by atoms with Crippen LogP contribution in [-0.2, 0) is 11.0 Å². The van der Waals surface area contributed by atoms with Gasteiger partial charge < -0.3 is 4.74 Å². The molecule has 0 bridgehead atoms. The zero-order valence-corrected chi connectivity index (χ0v) is 13.6. The molecule has 0 unspecified atom stereocenters. The lowest BCUT2D eigenvalue weighted by Crippen LogP contribution is -2.20. The Kier molecular flexibility index (Phi) is 3.92. The summed E-state index contributed by atoms with van der Waals surface area (Å²) in [7, 11) is 0. The van der Waals surface area contributed by atoms with Gasteiger partial charge in [0.25, 0.3) is 0 Å². The van der Waals surface area contributed by atoms with E-state index in [1.54, 1.807) is 16.8 Å². The predicted octanol–water partition coefficient (Wildman–Crippen LogP) is 3.78. The van der Waals surface area contributed by atoms with Crippen LogP contribution in [0.3, 0.4) is 0 Å². The average molecular weight is 372 g/mol. The molecule has 1 fully saturated rings. The Balaban J connectivity index is 1.85. The summed E-state index contributed by atoms with van der Waals surface area (Å²) in [6.45, 7) is 1.24. The van der Waals surface area contributed by atoms with Crippen LogP contribution in [0.4, 0.5) is 13.2 Å². The normalized spacial score (nSPS) is 16.6. The van der Waals surface area contributed by atoms with Crippen LogP contribution in [0.5, 0.6) is 0 Å². The number of ether oxygens (including phenoxy) is 1. The number of halogens is 4. The summed E-state index contributed by atoms with van der Waals surface area (Å²) in [4.78, 5) is 4.27. The highest BCUT2D eigenvalue weighted by molar-refractivity contribution is 6.29. The molecule has 3 aromatic heterocycles. The summed E-state index contributed by atoms with van der Waals surface area (Å²) in [5, 5.41) is 8.17. The van der Waals surface area contributed by atoms with Crippen molar-refractivity contribution in [2.24, 2.45) is 0 Å². The first-order chi connectivity index (χ1) is 11.9. The standard InChI is InChI=1S/C15H13ClF3N5O/c16-12-2-1-11-14(21-12)13(9-7-20-23(8-9)15(17,18)19)22-24(11)10-3-5-25-6-4-10/h1-2,7-8,10H,3-6H2. The van der Waals surface area contributed by atoms with Gasteiger partial charge in [0, 0.05) is 25.0 Å². The van der Waals surface area contributed by atoms with Crippen molar-refractivity contribution in [2.75, 3.05) is 13.2 Å². The van der Waals surface area contributed by atoms with E-state index >= 15 is 0 Å². The van der Waals surface area contributed by atoms with Gasteiger partial charge in [-0.1, -0.05) is 11.6 Å². The van der Waals surface area contributed by atoms with Gasteiger partial charge in [-0.15, -0.1) is 13.2 Å². The molecule has 132 valence electrons. The van der Waals surface area contributed by atoms with Crippen LogP contribution >= 0.6 is 11.6 Å². The molecule has 6 nitrogen and oxygen atoms in total. The highest BCUT2D eigenvalue weighted by Crippen LogP contribution is 2.33. The summed E-state index contributed by atoms with van der Waals surface area (Å²) in [5.74, 6) is 0. The third-order valence-corrected chi connectivity index (χ3v) is 4.38. The first-order valence-corrected chi connectivity index (χ1v) is 8.06. The van der Waals surface area contributed by atoms with Gasteiger partial charge >= 0.3 is 6.30 Å². The Morgan fingerprint density at radius 2 is 1.96 bits per heavy atom. The maximum Gasteiger partial charge on any atom is 0.504 e. The Bertz CT molecular complexity index is 914. The zero-order chi connectivity index (χ0) is 17.6. The van der Waals surface area contributed by atoms with Crippen molar-refractivity contribution < 1.29 is 17.9 Å². The molecule has 0 spiro atoms. The zero-order valence-electron chi connectivity index (χ0n) is 12.9.